The second-order valence-corrected chi connectivity index (χ2v) is 9.14. The molecular formula is C24H21F2N7OS. The summed E-state index contributed by atoms with van der Waals surface area (Å²) in [5.41, 5.74) is 0.694. The van der Waals surface area contributed by atoms with Crippen molar-refractivity contribution in [2.75, 3.05) is 0 Å². The van der Waals surface area contributed by atoms with Crippen molar-refractivity contribution in [2.45, 2.75) is 25.0 Å². The monoisotopic (exact) mass is 493 g/mol. The van der Waals surface area contributed by atoms with Gasteiger partial charge in [0.2, 0.25) is 0 Å². The van der Waals surface area contributed by atoms with Crippen LogP contribution in [-0.2, 0) is 19.2 Å². The lowest BCUT2D eigenvalue weighted by Crippen LogP contribution is -2.38. The molecule has 0 amide bonds. The molecule has 35 heavy (non-hydrogen) atoms. The number of rotatable bonds is 7. The minimum absolute atomic E-state index is 0.0362. The molecule has 0 saturated carbocycles. The van der Waals surface area contributed by atoms with E-state index in [0.717, 1.165) is 29.0 Å². The van der Waals surface area contributed by atoms with Crippen molar-refractivity contribution in [3.63, 3.8) is 0 Å². The van der Waals surface area contributed by atoms with Crippen molar-refractivity contribution < 1.29 is 13.9 Å². The van der Waals surface area contributed by atoms with Gasteiger partial charge in [0.15, 0.2) is 5.82 Å². The fraction of sp³-hybridized carbons (Fsp3) is 0.208. The van der Waals surface area contributed by atoms with Crippen LogP contribution >= 0.6 is 11.3 Å². The first-order chi connectivity index (χ1) is 16.8. The van der Waals surface area contributed by atoms with Gasteiger partial charge in [0.25, 0.3) is 0 Å². The third-order valence-electron chi connectivity index (χ3n) is 5.91. The van der Waals surface area contributed by atoms with E-state index < -0.39 is 23.2 Å². The average Bonchev–Trinajstić information content (AvgIpc) is 3.61. The summed E-state index contributed by atoms with van der Waals surface area (Å²) in [4.78, 5) is 12.9. The van der Waals surface area contributed by atoms with Crippen LogP contribution in [0.2, 0.25) is 0 Å². The standard InChI is InChI=1S/C24H21F2N7OS/c1-15(24(34,11-33-13-27-12-29-33)19-8-7-18(25)9-20(19)26)23-30-21(10-35-23)16-3-5-17(6-4-16)22-28-14-32(2)31-22/h3-10,12-15,34H,11H2,1-2H3/t15-,24+/m0/s1. The van der Waals surface area contributed by atoms with E-state index in [1.165, 1.54) is 34.7 Å². The van der Waals surface area contributed by atoms with Gasteiger partial charge in [0.05, 0.1) is 17.2 Å². The van der Waals surface area contributed by atoms with Crippen molar-refractivity contribution in [1.29, 1.82) is 0 Å². The molecule has 2 atom stereocenters. The molecule has 0 saturated heterocycles. The third-order valence-corrected chi connectivity index (χ3v) is 6.94. The largest absolute Gasteiger partial charge is 0.382 e. The van der Waals surface area contributed by atoms with Crippen molar-refractivity contribution >= 4 is 11.3 Å². The number of aliphatic hydroxyl groups is 1. The quantitative estimate of drug-likeness (QED) is 0.366. The summed E-state index contributed by atoms with van der Waals surface area (Å²) in [5, 5.41) is 22.6. The molecule has 11 heteroatoms. The fourth-order valence-corrected chi connectivity index (χ4v) is 4.91. The van der Waals surface area contributed by atoms with Gasteiger partial charge < -0.3 is 5.11 Å². The lowest BCUT2D eigenvalue weighted by Gasteiger charge is -2.33. The Labute approximate surface area is 203 Å². The number of aryl methyl sites for hydroxylation is 1. The number of benzene rings is 2. The van der Waals surface area contributed by atoms with Crippen LogP contribution in [0, 0.1) is 11.6 Å². The van der Waals surface area contributed by atoms with E-state index in [0.29, 0.717) is 10.8 Å². The van der Waals surface area contributed by atoms with E-state index in [1.807, 2.05) is 36.7 Å². The van der Waals surface area contributed by atoms with E-state index in [1.54, 1.807) is 17.9 Å². The van der Waals surface area contributed by atoms with E-state index in [9.17, 15) is 13.9 Å². The van der Waals surface area contributed by atoms with Gasteiger partial charge in [-0.15, -0.1) is 11.3 Å². The Hall–Kier alpha value is -3.83. The summed E-state index contributed by atoms with van der Waals surface area (Å²) >= 11 is 1.36. The molecule has 178 valence electrons. The minimum Gasteiger partial charge on any atom is -0.382 e. The first-order valence-electron chi connectivity index (χ1n) is 10.8. The van der Waals surface area contributed by atoms with Gasteiger partial charge in [-0.3, -0.25) is 4.68 Å². The van der Waals surface area contributed by atoms with E-state index in [4.69, 9.17) is 4.98 Å². The highest BCUT2D eigenvalue weighted by molar-refractivity contribution is 7.10. The van der Waals surface area contributed by atoms with Crippen LogP contribution in [0.15, 0.2) is 66.8 Å². The summed E-state index contributed by atoms with van der Waals surface area (Å²) in [6.45, 7) is 1.68. The summed E-state index contributed by atoms with van der Waals surface area (Å²) in [7, 11) is 1.81. The maximum atomic E-state index is 14.8. The molecule has 3 aromatic heterocycles. The Bertz CT molecular complexity index is 1450. The predicted molar refractivity (Wildman–Crippen MR) is 126 cm³/mol. The van der Waals surface area contributed by atoms with Crippen LogP contribution in [-0.4, -0.2) is 39.6 Å². The van der Waals surface area contributed by atoms with Gasteiger partial charge in [-0.2, -0.15) is 10.2 Å². The number of aromatic nitrogens is 7. The first-order valence-corrected chi connectivity index (χ1v) is 11.6. The Morgan fingerprint density at radius 1 is 1.09 bits per heavy atom. The molecule has 3 heterocycles. The van der Waals surface area contributed by atoms with Crippen LogP contribution in [0.4, 0.5) is 8.78 Å². The fourth-order valence-electron chi connectivity index (χ4n) is 3.94. The number of hydrogen-bond donors (Lipinski definition) is 1. The van der Waals surface area contributed by atoms with Gasteiger partial charge in [-0.05, 0) is 6.07 Å². The van der Waals surface area contributed by atoms with Crippen molar-refractivity contribution in [2.24, 2.45) is 7.05 Å². The topological polar surface area (TPSA) is 94.5 Å². The highest BCUT2D eigenvalue weighted by Crippen LogP contribution is 2.41. The maximum Gasteiger partial charge on any atom is 0.181 e. The zero-order valence-corrected chi connectivity index (χ0v) is 19.7. The molecule has 0 aliphatic carbocycles. The average molecular weight is 494 g/mol. The zero-order chi connectivity index (χ0) is 24.6. The van der Waals surface area contributed by atoms with Crippen LogP contribution in [0.3, 0.4) is 0 Å². The lowest BCUT2D eigenvalue weighted by molar-refractivity contribution is -0.0112. The highest BCUT2D eigenvalue weighted by atomic mass is 32.1. The SMILES string of the molecule is C[C@@H](c1nc(-c2ccc(-c3ncn(C)n3)cc2)cs1)[C@](O)(Cn1cncn1)c1ccc(F)cc1F. The summed E-state index contributed by atoms with van der Waals surface area (Å²) in [5.74, 6) is -1.56. The van der Waals surface area contributed by atoms with E-state index in [2.05, 4.69) is 20.2 Å². The second-order valence-electron chi connectivity index (χ2n) is 8.25. The van der Waals surface area contributed by atoms with Crippen molar-refractivity contribution in [3.05, 3.63) is 89.0 Å². The molecule has 8 nitrogen and oxygen atoms in total. The summed E-state index contributed by atoms with van der Waals surface area (Å²) in [6.07, 6.45) is 4.41. The molecule has 1 N–H and O–H groups in total. The molecule has 5 aromatic rings. The predicted octanol–water partition coefficient (Wildman–Crippen LogP) is 4.17. The van der Waals surface area contributed by atoms with Crippen LogP contribution in [0.5, 0.6) is 0 Å². The summed E-state index contributed by atoms with van der Waals surface area (Å²) in [6, 6.07) is 10.8. The van der Waals surface area contributed by atoms with Crippen molar-refractivity contribution in [3.8, 4) is 22.6 Å². The van der Waals surface area contributed by atoms with Gasteiger partial charge >= 0.3 is 0 Å². The van der Waals surface area contributed by atoms with Gasteiger partial charge in [0.1, 0.15) is 36.2 Å². The Balaban J connectivity index is 1.47. The molecule has 5 rings (SSSR count). The smallest absolute Gasteiger partial charge is 0.181 e. The molecule has 2 aromatic carbocycles. The number of nitrogens with zero attached hydrogens (tertiary/aromatic N) is 7. The molecule has 0 bridgehead atoms. The molecule has 0 fully saturated rings. The lowest BCUT2D eigenvalue weighted by atomic mass is 9.82. The number of hydrogen-bond acceptors (Lipinski definition) is 7. The van der Waals surface area contributed by atoms with Crippen LogP contribution in [0.25, 0.3) is 22.6 Å². The number of halogens is 2. The number of thiazole rings is 1. The Morgan fingerprint density at radius 2 is 1.86 bits per heavy atom. The third kappa shape index (κ3) is 4.47. The Kier molecular flexibility index (Phi) is 5.95. The maximum absolute atomic E-state index is 14.8. The molecule has 0 spiro atoms. The molecule has 0 aliphatic heterocycles. The van der Waals surface area contributed by atoms with Gasteiger partial charge in [0, 0.05) is 41.1 Å². The zero-order valence-electron chi connectivity index (χ0n) is 18.9. The van der Waals surface area contributed by atoms with Crippen LogP contribution in [0.1, 0.15) is 23.4 Å². The molecule has 0 radical (unpaired) electrons. The second kappa shape index (κ2) is 9.08. The highest BCUT2D eigenvalue weighted by Gasteiger charge is 2.41. The van der Waals surface area contributed by atoms with Crippen LogP contribution < -0.4 is 0 Å². The minimum atomic E-state index is -1.75. The molecule has 0 unspecified atom stereocenters. The van der Waals surface area contributed by atoms with Gasteiger partial charge in [-0.25, -0.2) is 28.4 Å². The Morgan fingerprint density at radius 3 is 2.51 bits per heavy atom. The molecule has 0 aliphatic rings. The van der Waals surface area contributed by atoms with Gasteiger partial charge in [-0.1, -0.05) is 37.3 Å². The van der Waals surface area contributed by atoms with E-state index in [-0.39, 0.29) is 12.1 Å². The normalized spacial score (nSPS) is 14.1. The van der Waals surface area contributed by atoms with Crippen molar-refractivity contribution in [1.82, 2.24) is 34.5 Å². The first kappa shape index (κ1) is 22.9. The molecular weight excluding hydrogens is 472 g/mol. The summed E-state index contributed by atoms with van der Waals surface area (Å²) < 4.78 is 31.5. The van der Waals surface area contributed by atoms with E-state index >= 15 is 0 Å².